The van der Waals surface area contributed by atoms with Gasteiger partial charge in [-0.15, -0.1) is 11.7 Å². The molecule has 0 radical (unpaired) electrons. The van der Waals surface area contributed by atoms with Crippen molar-refractivity contribution in [3.05, 3.63) is 61.0 Å². The highest BCUT2D eigenvalue weighted by molar-refractivity contribution is 5.83. The van der Waals surface area contributed by atoms with E-state index in [9.17, 15) is 0 Å². The third-order valence-corrected chi connectivity index (χ3v) is 2.95. The molecule has 106 valence electrons. The van der Waals surface area contributed by atoms with Crippen molar-refractivity contribution in [1.82, 2.24) is 10.2 Å². The van der Waals surface area contributed by atoms with Gasteiger partial charge in [-0.3, -0.25) is 0 Å². The van der Waals surface area contributed by atoms with Gasteiger partial charge in [0.15, 0.2) is 6.61 Å². The lowest BCUT2D eigenvalue weighted by Crippen LogP contribution is -1.97. The number of benzene rings is 2. The second-order valence-corrected chi connectivity index (χ2v) is 4.47. The number of aromatic nitrogens is 2. The van der Waals surface area contributed by atoms with Gasteiger partial charge in [-0.2, -0.15) is 0 Å². The summed E-state index contributed by atoms with van der Waals surface area (Å²) >= 11 is 0. The number of hydrogen-bond acceptors (Lipinski definition) is 5. The van der Waals surface area contributed by atoms with Gasteiger partial charge < -0.3 is 14.5 Å². The van der Waals surface area contributed by atoms with E-state index in [0.29, 0.717) is 18.5 Å². The van der Waals surface area contributed by atoms with Gasteiger partial charge in [0.1, 0.15) is 5.75 Å². The molecule has 3 rings (SSSR count). The molecule has 0 spiro atoms. The van der Waals surface area contributed by atoms with E-state index in [4.69, 9.17) is 9.15 Å². The molecule has 0 saturated heterocycles. The highest BCUT2D eigenvalue weighted by Crippen LogP contribution is 2.21. The van der Waals surface area contributed by atoms with Crippen LogP contribution in [-0.2, 0) is 6.61 Å². The molecule has 0 bridgehead atoms. The van der Waals surface area contributed by atoms with Gasteiger partial charge in [0.05, 0.1) is 0 Å². The van der Waals surface area contributed by atoms with Crippen molar-refractivity contribution in [2.45, 2.75) is 6.61 Å². The molecule has 0 aliphatic carbocycles. The van der Waals surface area contributed by atoms with E-state index in [-0.39, 0.29) is 6.61 Å². The molecule has 0 unspecified atom stereocenters. The lowest BCUT2D eigenvalue weighted by Gasteiger charge is -2.04. The second-order valence-electron chi connectivity index (χ2n) is 4.47. The Kier molecular flexibility index (Phi) is 3.82. The minimum absolute atomic E-state index is 0.237. The van der Waals surface area contributed by atoms with Crippen molar-refractivity contribution in [1.29, 1.82) is 0 Å². The summed E-state index contributed by atoms with van der Waals surface area (Å²) in [5.74, 6) is 1.20. The van der Waals surface area contributed by atoms with Gasteiger partial charge in [-0.25, -0.2) is 0 Å². The Morgan fingerprint density at radius 3 is 2.86 bits per heavy atom. The van der Waals surface area contributed by atoms with Gasteiger partial charge in [0.25, 0.3) is 5.89 Å². The Morgan fingerprint density at radius 2 is 2.00 bits per heavy atom. The van der Waals surface area contributed by atoms with Crippen molar-refractivity contribution < 1.29 is 9.15 Å². The third kappa shape index (κ3) is 3.20. The Bertz CT molecular complexity index is 752. The number of hydrogen-bond donors (Lipinski definition) is 1. The lowest BCUT2D eigenvalue weighted by atomic mass is 10.1. The molecule has 5 heteroatoms. The van der Waals surface area contributed by atoms with E-state index in [1.807, 2.05) is 36.4 Å². The van der Waals surface area contributed by atoms with Crippen molar-refractivity contribution in [3.63, 3.8) is 0 Å². The molecule has 0 fully saturated rings. The highest BCUT2D eigenvalue weighted by Gasteiger charge is 2.06. The summed E-state index contributed by atoms with van der Waals surface area (Å²) in [5, 5.41) is 13.0. The van der Waals surface area contributed by atoms with Crippen LogP contribution >= 0.6 is 0 Å². The van der Waals surface area contributed by atoms with Crippen LogP contribution in [0.1, 0.15) is 5.89 Å². The van der Waals surface area contributed by atoms with E-state index in [1.165, 1.54) is 5.39 Å². The van der Waals surface area contributed by atoms with Crippen LogP contribution in [0.5, 0.6) is 5.75 Å². The number of fused-ring (bicyclic) bond motifs is 1. The molecule has 3 aromatic rings. The number of ether oxygens (including phenoxy) is 1. The zero-order valence-corrected chi connectivity index (χ0v) is 11.5. The van der Waals surface area contributed by atoms with Crippen molar-refractivity contribution in [2.24, 2.45) is 0 Å². The lowest BCUT2D eigenvalue weighted by molar-refractivity contribution is 0.265. The standard InChI is InChI=1S/C16H15N3O2/c1-2-9-17-16-19-18-15(21-16)11-20-14-8-7-12-5-3-4-6-13(12)10-14/h2-8,10H,1,9,11H2,(H,17,19). The Balaban J connectivity index is 1.65. The van der Waals surface area contributed by atoms with Gasteiger partial charge >= 0.3 is 6.01 Å². The molecule has 0 aliphatic rings. The minimum Gasteiger partial charge on any atom is -0.484 e. The molecule has 1 aromatic heterocycles. The molecule has 1 heterocycles. The van der Waals surface area contributed by atoms with Crippen LogP contribution in [0, 0.1) is 0 Å². The number of anilines is 1. The Morgan fingerprint density at radius 1 is 1.14 bits per heavy atom. The van der Waals surface area contributed by atoms with Crippen molar-refractivity contribution in [2.75, 3.05) is 11.9 Å². The maximum absolute atomic E-state index is 5.67. The van der Waals surface area contributed by atoms with Crippen LogP contribution in [-0.4, -0.2) is 16.7 Å². The fourth-order valence-electron chi connectivity index (χ4n) is 1.95. The van der Waals surface area contributed by atoms with E-state index in [2.05, 4.69) is 28.2 Å². The fourth-order valence-corrected chi connectivity index (χ4v) is 1.95. The topological polar surface area (TPSA) is 60.2 Å². The number of nitrogens with zero attached hydrogens (tertiary/aromatic N) is 2. The van der Waals surface area contributed by atoms with Crippen LogP contribution in [0.3, 0.4) is 0 Å². The molecule has 21 heavy (non-hydrogen) atoms. The van der Waals surface area contributed by atoms with E-state index >= 15 is 0 Å². The first-order valence-electron chi connectivity index (χ1n) is 6.64. The molecule has 0 aliphatic heterocycles. The molecular formula is C16H15N3O2. The largest absolute Gasteiger partial charge is 0.484 e. The molecule has 0 atom stereocenters. The summed E-state index contributed by atoms with van der Waals surface area (Å²) in [5.41, 5.74) is 0. The average Bonchev–Trinajstić information content (AvgIpc) is 2.98. The van der Waals surface area contributed by atoms with Crippen LogP contribution in [0.2, 0.25) is 0 Å². The summed E-state index contributed by atoms with van der Waals surface area (Å²) in [6, 6.07) is 14.4. The molecule has 2 aromatic carbocycles. The SMILES string of the molecule is C=CCNc1nnc(COc2ccc3ccccc3c2)o1. The monoisotopic (exact) mass is 281 g/mol. The van der Waals surface area contributed by atoms with Crippen LogP contribution in [0.4, 0.5) is 6.01 Å². The van der Waals surface area contributed by atoms with Crippen LogP contribution in [0.25, 0.3) is 10.8 Å². The summed E-state index contributed by atoms with van der Waals surface area (Å²) in [6.07, 6.45) is 1.72. The predicted octanol–water partition coefficient (Wildman–Crippen LogP) is 3.40. The van der Waals surface area contributed by atoms with E-state index in [1.54, 1.807) is 6.08 Å². The molecule has 5 nitrogen and oxygen atoms in total. The zero-order valence-electron chi connectivity index (χ0n) is 11.5. The van der Waals surface area contributed by atoms with Crippen molar-refractivity contribution >= 4 is 16.8 Å². The predicted molar refractivity (Wildman–Crippen MR) is 81.3 cm³/mol. The zero-order chi connectivity index (χ0) is 14.5. The first-order valence-corrected chi connectivity index (χ1v) is 6.64. The minimum atomic E-state index is 0.237. The summed E-state index contributed by atoms with van der Waals surface area (Å²) in [4.78, 5) is 0. The molecule has 0 amide bonds. The van der Waals surface area contributed by atoms with Crippen molar-refractivity contribution in [3.8, 4) is 5.75 Å². The smallest absolute Gasteiger partial charge is 0.315 e. The van der Waals surface area contributed by atoms with Gasteiger partial charge in [-0.1, -0.05) is 41.5 Å². The Hall–Kier alpha value is -2.82. The van der Waals surface area contributed by atoms with E-state index < -0.39 is 0 Å². The quantitative estimate of drug-likeness (QED) is 0.702. The van der Waals surface area contributed by atoms with Gasteiger partial charge in [0, 0.05) is 6.54 Å². The Labute approximate surface area is 122 Å². The highest BCUT2D eigenvalue weighted by atomic mass is 16.5. The first-order chi connectivity index (χ1) is 10.3. The second kappa shape index (κ2) is 6.09. The number of nitrogens with one attached hydrogen (secondary N) is 1. The molecular weight excluding hydrogens is 266 g/mol. The maximum Gasteiger partial charge on any atom is 0.315 e. The third-order valence-electron chi connectivity index (χ3n) is 2.95. The molecule has 1 N–H and O–H groups in total. The normalized spacial score (nSPS) is 10.5. The van der Waals surface area contributed by atoms with Crippen LogP contribution < -0.4 is 10.1 Å². The van der Waals surface area contributed by atoms with Gasteiger partial charge in [0.2, 0.25) is 0 Å². The summed E-state index contributed by atoms with van der Waals surface area (Å²) < 4.78 is 11.1. The number of rotatable bonds is 6. The average molecular weight is 281 g/mol. The molecule has 0 saturated carbocycles. The maximum atomic E-state index is 5.67. The fraction of sp³-hybridized carbons (Fsp3) is 0.125. The van der Waals surface area contributed by atoms with E-state index in [0.717, 1.165) is 11.1 Å². The van der Waals surface area contributed by atoms with Crippen LogP contribution in [0.15, 0.2) is 59.5 Å². The van der Waals surface area contributed by atoms with Gasteiger partial charge in [-0.05, 0) is 22.9 Å². The summed E-state index contributed by atoms with van der Waals surface area (Å²) in [7, 11) is 0. The first kappa shape index (κ1) is 13.2. The summed E-state index contributed by atoms with van der Waals surface area (Å²) in [6.45, 7) is 4.42.